The van der Waals surface area contributed by atoms with E-state index in [4.69, 9.17) is 4.74 Å². The van der Waals surface area contributed by atoms with Crippen molar-refractivity contribution in [2.75, 3.05) is 19.6 Å². The first-order valence-corrected chi connectivity index (χ1v) is 6.14. The van der Waals surface area contributed by atoms with Gasteiger partial charge in [-0.25, -0.2) is 4.79 Å². The van der Waals surface area contributed by atoms with E-state index < -0.39 is 5.60 Å². The molecule has 1 aliphatic carbocycles. The van der Waals surface area contributed by atoms with Gasteiger partial charge in [-0.15, -0.1) is 0 Å². The van der Waals surface area contributed by atoms with Crippen molar-refractivity contribution in [1.82, 2.24) is 10.2 Å². The minimum absolute atomic E-state index is 0.0561. The molecule has 4 heteroatoms. The number of piperazine rings is 1. The van der Waals surface area contributed by atoms with E-state index in [0.717, 1.165) is 32.5 Å². The molecule has 0 radical (unpaired) electrons. The van der Waals surface area contributed by atoms with Crippen LogP contribution in [0.1, 0.15) is 40.0 Å². The van der Waals surface area contributed by atoms with Crippen LogP contribution in [0.25, 0.3) is 0 Å². The largest absolute Gasteiger partial charge is 0.444 e. The van der Waals surface area contributed by atoms with E-state index >= 15 is 0 Å². The summed E-state index contributed by atoms with van der Waals surface area (Å²) in [6.45, 7) is 8.32. The normalized spacial score (nSPS) is 24.1. The summed E-state index contributed by atoms with van der Waals surface area (Å²) in [6.07, 6.45) is 3.30. The molecule has 0 bridgehead atoms. The van der Waals surface area contributed by atoms with Crippen LogP contribution in [0.15, 0.2) is 0 Å². The second-order valence-corrected chi connectivity index (χ2v) is 5.89. The molecule has 0 aromatic heterocycles. The molecule has 16 heavy (non-hydrogen) atoms. The third-order valence-electron chi connectivity index (χ3n) is 3.44. The summed E-state index contributed by atoms with van der Waals surface area (Å²) >= 11 is 0. The zero-order chi connectivity index (χ0) is 11.8. The third kappa shape index (κ3) is 2.17. The lowest BCUT2D eigenvalue weighted by Gasteiger charge is -2.52. The Bertz CT molecular complexity index is 279. The smallest absolute Gasteiger partial charge is 0.410 e. The van der Waals surface area contributed by atoms with Crippen molar-refractivity contribution in [3.63, 3.8) is 0 Å². The van der Waals surface area contributed by atoms with Crippen LogP contribution in [-0.4, -0.2) is 41.8 Å². The molecule has 0 atom stereocenters. The zero-order valence-corrected chi connectivity index (χ0v) is 10.5. The van der Waals surface area contributed by atoms with Gasteiger partial charge < -0.3 is 10.1 Å². The van der Waals surface area contributed by atoms with Crippen molar-refractivity contribution in [1.29, 1.82) is 0 Å². The van der Waals surface area contributed by atoms with E-state index in [0.29, 0.717) is 0 Å². The van der Waals surface area contributed by atoms with Crippen LogP contribution >= 0.6 is 0 Å². The summed E-state index contributed by atoms with van der Waals surface area (Å²) < 4.78 is 5.47. The van der Waals surface area contributed by atoms with Crippen LogP contribution in [0.5, 0.6) is 0 Å². The van der Waals surface area contributed by atoms with Gasteiger partial charge in [-0.2, -0.15) is 0 Å². The summed E-state index contributed by atoms with van der Waals surface area (Å²) in [6, 6.07) is 0. The topological polar surface area (TPSA) is 41.6 Å². The Morgan fingerprint density at radius 1 is 1.38 bits per heavy atom. The number of nitrogens with one attached hydrogen (secondary N) is 1. The Balaban J connectivity index is 2.03. The van der Waals surface area contributed by atoms with Crippen LogP contribution in [-0.2, 0) is 4.74 Å². The molecule has 2 aliphatic rings. The lowest BCUT2D eigenvalue weighted by Crippen LogP contribution is -2.66. The van der Waals surface area contributed by atoms with Gasteiger partial charge >= 0.3 is 6.09 Å². The number of carbonyl (C=O) groups excluding carboxylic acids is 1. The van der Waals surface area contributed by atoms with Gasteiger partial charge in [0.15, 0.2) is 0 Å². The van der Waals surface area contributed by atoms with Gasteiger partial charge in [0, 0.05) is 19.6 Å². The van der Waals surface area contributed by atoms with Gasteiger partial charge in [0.2, 0.25) is 0 Å². The number of carbonyl (C=O) groups is 1. The Labute approximate surface area is 97.3 Å². The van der Waals surface area contributed by atoms with E-state index in [2.05, 4.69) is 5.32 Å². The second kappa shape index (κ2) is 3.91. The van der Waals surface area contributed by atoms with Crippen LogP contribution in [0, 0.1) is 0 Å². The third-order valence-corrected chi connectivity index (χ3v) is 3.44. The molecule has 0 aromatic carbocycles. The quantitative estimate of drug-likeness (QED) is 0.684. The predicted molar refractivity (Wildman–Crippen MR) is 62.4 cm³/mol. The van der Waals surface area contributed by atoms with E-state index in [1.54, 1.807) is 0 Å². The first-order valence-electron chi connectivity index (χ1n) is 6.14. The van der Waals surface area contributed by atoms with Crippen molar-refractivity contribution in [2.24, 2.45) is 0 Å². The first-order chi connectivity index (χ1) is 7.43. The first kappa shape index (κ1) is 11.7. The van der Waals surface area contributed by atoms with Crippen molar-refractivity contribution >= 4 is 6.09 Å². The maximum atomic E-state index is 12.1. The summed E-state index contributed by atoms with van der Waals surface area (Å²) in [5, 5.41) is 3.38. The fourth-order valence-corrected chi connectivity index (χ4v) is 2.48. The highest BCUT2D eigenvalue weighted by Crippen LogP contribution is 2.39. The molecule has 92 valence electrons. The number of hydrogen-bond donors (Lipinski definition) is 1. The maximum absolute atomic E-state index is 12.1. The van der Waals surface area contributed by atoms with Gasteiger partial charge in [0.25, 0.3) is 0 Å². The SMILES string of the molecule is CC(C)(C)OC(=O)N1CCNCC12CCC2. The molecule has 1 N–H and O–H groups in total. The second-order valence-electron chi connectivity index (χ2n) is 5.89. The van der Waals surface area contributed by atoms with Gasteiger partial charge in [0.1, 0.15) is 5.60 Å². The van der Waals surface area contributed by atoms with Crippen LogP contribution in [0.3, 0.4) is 0 Å². The summed E-state index contributed by atoms with van der Waals surface area (Å²) in [4.78, 5) is 14.0. The Hall–Kier alpha value is -0.770. The average molecular weight is 226 g/mol. The summed E-state index contributed by atoms with van der Waals surface area (Å²) in [5.41, 5.74) is -0.340. The van der Waals surface area contributed by atoms with Crippen molar-refractivity contribution < 1.29 is 9.53 Å². The lowest BCUT2D eigenvalue weighted by molar-refractivity contribution is -0.0361. The molecular formula is C12H22N2O2. The van der Waals surface area contributed by atoms with Gasteiger partial charge in [0.05, 0.1) is 5.54 Å². The van der Waals surface area contributed by atoms with Crippen LogP contribution in [0.2, 0.25) is 0 Å². The summed E-state index contributed by atoms with van der Waals surface area (Å²) in [5.74, 6) is 0. The number of rotatable bonds is 0. The predicted octanol–water partition coefficient (Wildman–Crippen LogP) is 1.75. The highest BCUT2D eigenvalue weighted by atomic mass is 16.6. The fraction of sp³-hybridized carbons (Fsp3) is 0.917. The molecule has 1 aliphatic heterocycles. The summed E-state index contributed by atoms with van der Waals surface area (Å²) in [7, 11) is 0. The van der Waals surface area contributed by atoms with Gasteiger partial charge in [-0.3, -0.25) is 4.90 Å². The highest BCUT2D eigenvalue weighted by molar-refractivity contribution is 5.69. The number of nitrogens with zero attached hydrogens (tertiary/aromatic N) is 1. The minimum atomic E-state index is -0.396. The number of amides is 1. The molecule has 2 rings (SSSR count). The molecule has 1 amide bonds. The Morgan fingerprint density at radius 3 is 2.56 bits per heavy atom. The number of hydrogen-bond acceptors (Lipinski definition) is 3. The molecule has 1 saturated carbocycles. The Morgan fingerprint density at radius 2 is 2.06 bits per heavy atom. The molecule has 0 unspecified atom stereocenters. The van der Waals surface area contributed by atoms with Gasteiger partial charge in [-0.05, 0) is 40.0 Å². The van der Waals surface area contributed by atoms with Crippen molar-refractivity contribution in [3.8, 4) is 0 Å². The standard InChI is InChI=1S/C12H22N2O2/c1-11(2,3)16-10(15)14-8-7-13-9-12(14)5-4-6-12/h13H,4-9H2,1-3H3. The van der Waals surface area contributed by atoms with E-state index in [1.165, 1.54) is 6.42 Å². The average Bonchev–Trinajstić information content (AvgIpc) is 2.12. The lowest BCUT2D eigenvalue weighted by atomic mass is 9.74. The molecule has 1 spiro atoms. The van der Waals surface area contributed by atoms with E-state index in [-0.39, 0.29) is 11.6 Å². The maximum Gasteiger partial charge on any atom is 0.410 e. The fourth-order valence-electron chi connectivity index (χ4n) is 2.48. The van der Waals surface area contributed by atoms with E-state index in [9.17, 15) is 4.79 Å². The number of ether oxygens (including phenoxy) is 1. The molecule has 0 aromatic rings. The highest BCUT2D eigenvalue weighted by Gasteiger charge is 2.47. The molecular weight excluding hydrogens is 204 g/mol. The van der Waals surface area contributed by atoms with E-state index in [1.807, 2.05) is 25.7 Å². The van der Waals surface area contributed by atoms with Crippen molar-refractivity contribution in [2.45, 2.75) is 51.2 Å². The van der Waals surface area contributed by atoms with Crippen molar-refractivity contribution in [3.05, 3.63) is 0 Å². The molecule has 2 fully saturated rings. The Kier molecular flexibility index (Phi) is 2.86. The van der Waals surface area contributed by atoms with Crippen LogP contribution < -0.4 is 5.32 Å². The zero-order valence-electron chi connectivity index (χ0n) is 10.5. The van der Waals surface area contributed by atoms with Gasteiger partial charge in [-0.1, -0.05) is 0 Å². The van der Waals surface area contributed by atoms with Crippen LogP contribution in [0.4, 0.5) is 4.79 Å². The molecule has 1 heterocycles. The molecule has 4 nitrogen and oxygen atoms in total. The minimum Gasteiger partial charge on any atom is -0.444 e. The molecule has 1 saturated heterocycles. The monoisotopic (exact) mass is 226 g/mol.